The highest BCUT2D eigenvalue weighted by atomic mass is 16.2. The van der Waals surface area contributed by atoms with Crippen LogP contribution in [0.15, 0.2) is 18.3 Å². The van der Waals surface area contributed by atoms with E-state index in [2.05, 4.69) is 41.3 Å². The van der Waals surface area contributed by atoms with Crippen molar-refractivity contribution in [1.29, 1.82) is 0 Å². The van der Waals surface area contributed by atoms with Gasteiger partial charge in [0.15, 0.2) is 0 Å². The Hall–Kier alpha value is -2.64. The Morgan fingerprint density at radius 2 is 1.79 bits per heavy atom. The van der Waals surface area contributed by atoms with Crippen LogP contribution < -0.4 is 15.5 Å². The summed E-state index contributed by atoms with van der Waals surface area (Å²) >= 11 is 0. The fourth-order valence-corrected chi connectivity index (χ4v) is 4.09. The van der Waals surface area contributed by atoms with Gasteiger partial charge in [-0.25, -0.2) is 9.78 Å². The minimum absolute atomic E-state index is 0.166. The van der Waals surface area contributed by atoms with Crippen molar-refractivity contribution >= 4 is 11.8 Å². The normalized spacial score (nSPS) is 16.8. The molecule has 0 aromatic carbocycles. The molecule has 4 heterocycles. The summed E-state index contributed by atoms with van der Waals surface area (Å²) in [5, 5.41) is 14.4. The zero-order valence-corrected chi connectivity index (χ0v) is 17.1. The van der Waals surface area contributed by atoms with E-state index in [1.807, 2.05) is 12.3 Å². The third-order valence-corrected chi connectivity index (χ3v) is 5.76. The monoisotopic (exact) mass is 397 g/mol. The first-order valence-electron chi connectivity index (χ1n) is 10.9. The van der Waals surface area contributed by atoms with Gasteiger partial charge in [0.05, 0.1) is 0 Å². The Kier molecular flexibility index (Phi) is 6.59. The van der Waals surface area contributed by atoms with E-state index < -0.39 is 0 Å². The van der Waals surface area contributed by atoms with Gasteiger partial charge >= 0.3 is 6.03 Å². The van der Waals surface area contributed by atoms with Gasteiger partial charge in [-0.05, 0) is 43.7 Å². The van der Waals surface area contributed by atoms with Crippen molar-refractivity contribution in [2.75, 3.05) is 24.5 Å². The van der Waals surface area contributed by atoms with Crippen LogP contribution in [0.25, 0.3) is 0 Å². The number of nitrogens with one attached hydrogen (secondary N) is 2. The molecular formula is C21H31N7O. The van der Waals surface area contributed by atoms with Gasteiger partial charge in [-0.15, -0.1) is 10.2 Å². The maximum atomic E-state index is 12.1. The van der Waals surface area contributed by atoms with Crippen LogP contribution in [0.1, 0.15) is 55.7 Å². The average Bonchev–Trinajstić information content (AvgIpc) is 2.99. The summed E-state index contributed by atoms with van der Waals surface area (Å²) in [7, 11) is 0. The van der Waals surface area contributed by atoms with Gasteiger partial charge in [0.1, 0.15) is 17.5 Å². The van der Waals surface area contributed by atoms with E-state index in [1.54, 1.807) is 0 Å². The molecule has 4 rings (SSSR count). The second kappa shape index (κ2) is 9.71. The Labute approximate surface area is 172 Å². The molecule has 2 amide bonds. The van der Waals surface area contributed by atoms with Gasteiger partial charge in [-0.2, -0.15) is 0 Å². The summed E-state index contributed by atoms with van der Waals surface area (Å²) in [5.41, 5.74) is 1.00. The molecule has 2 aromatic heterocycles. The summed E-state index contributed by atoms with van der Waals surface area (Å²) in [6.07, 6.45) is 11.0. The number of carbonyl (C=O) groups excluding carboxylic acids is 1. The highest BCUT2D eigenvalue weighted by Crippen LogP contribution is 2.17. The summed E-state index contributed by atoms with van der Waals surface area (Å²) in [6.45, 7) is 4.18. The predicted octanol–water partition coefficient (Wildman–Crippen LogP) is 2.43. The first kappa shape index (κ1) is 19.7. The molecule has 2 aliphatic heterocycles. The number of rotatable bonds is 6. The van der Waals surface area contributed by atoms with Gasteiger partial charge < -0.3 is 20.1 Å². The van der Waals surface area contributed by atoms with Gasteiger partial charge in [0.2, 0.25) is 0 Å². The molecule has 1 fully saturated rings. The van der Waals surface area contributed by atoms with Crippen LogP contribution in [0.3, 0.4) is 0 Å². The quantitative estimate of drug-likeness (QED) is 0.782. The number of anilines is 1. The lowest BCUT2D eigenvalue weighted by Crippen LogP contribution is -2.36. The lowest BCUT2D eigenvalue weighted by molar-refractivity contribution is 0.240. The molecule has 8 heteroatoms. The zero-order chi connectivity index (χ0) is 19.9. The molecule has 0 aliphatic carbocycles. The molecule has 2 aliphatic rings. The summed E-state index contributed by atoms with van der Waals surface area (Å²) in [4.78, 5) is 19.0. The molecule has 2 aromatic rings. The van der Waals surface area contributed by atoms with Crippen LogP contribution in [0.2, 0.25) is 0 Å². The second-order valence-electron chi connectivity index (χ2n) is 7.93. The van der Waals surface area contributed by atoms with E-state index >= 15 is 0 Å². The summed E-state index contributed by atoms with van der Waals surface area (Å²) in [6, 6.07) is 3.93. The molecule has 0 saturated carbocycles. The largest absolute Gasteiger partial charge is 0.357 e. The van der Waals surface area contributed by atoms with Crippen LogP contribution in [0.5, 0.6) is 0 Å². The van der Waals surface area contributed by atoms with Crippen molar-refractivity contribution in [2.45, 2.75) is 64.5 Å². The number of carbonyl (C=O) groups is 1. The number of urea groups is 1. The topological polar surface area (TPSA) is 88.0 Å². The van der Waals surface area contributed by atoms with Gasteiger partial charge in [0.25, 0.3) is 0 Å². The molecule has 29 heavy (non-hydrogen) atoms. The first-order chi connectivity index (χ1) is 14.3. The van der Waals surface area contributed by atoms with E-state index in [-0.39, 0.29) is 6.03 Å². The maximum Gasteiger partial charge on any atom is 0.315 e. The van der Waals surface area contributed by atoms with E-state index in [9.17, 15) is 4.79 Å². The van der Waals surface area contributed by atoms with Crippen molar-refractivity contribution in [3.63, 3.8) is 0 Å². The van der Waals surface area contributed by atoms with Crippen molar-refractivity contribution in [3.05, 3.63) is 35.5 Å². The number of amides is 2. The van der Waals surface area contributed by atoms with Gasteiger partial charge in [-0.1, -0.05) is 12.5 Å². The molecule has 1 saturated heterocycles. The number of aryl methyl sites for hydroxylation is 1. The Balaban J connectivity index is 1.19. The maximum absolute atomic E-state index is 12.1. The van der Waals surface area contributed by atoms with E-state index in [0.29, 0.717) is 19.5 Å². The lowest BCUT2D eigenvalue weighted by atomic mass is 10.1. The fraction of sp³-hybridized carbons (Fsp3) is 0.619. The number of nitrogens with zero attached hydrogens (tertiary/aromatic N) is 5. The summed E-state index contributed by atoms with van der Waals surface area (Å²) in [5.74, 6) is 3.09. The van der Waals surface area contributed by atoms with Crippen LogP contribution in [-0.2, 0) is 25.9 Å². The molecule has 2 N–H and O–H groups in total. The highest BCUT2D eigenvalue weighted by Gasteiger charge is 2.15. The van der Waals surface area contributed by atoms with Crippen LogP contribution in [0.4, 0.5) is 10.6 Å². The molecule has 0 spiro atoms. The Morgan fingerprint density at radius 1 is 0.966 bits per heavy atom. The standard InChI is InChI=1S/C21H31N7O/c29-21(22-11-10-20-26-25-19-7-3-1-6-14-28(19)20)24-16-17-8-9-18(23-15-17)27-12-4-2-5-13-27/h8-9,15H,1-7,10-14,16H2,(H2,22,24,29). The number of pyridine rings is 1. The second-order valence-corrected chi connectivity index (χ2v) is 7.93. The van der Waals surface area contributed by atoms with Gasteiger partial charge in [0, 0.05) is 51.8 Å². The first-order valence-corrected chi connectivity index (χ1v) is 10.9. The predicted molar refractivity (Wildman–Crippen MR) is 112 cm³/mol. The highest BCUT2D eigenvalue weighted by molar-refractivity contribution is 5.73. The number of hydrogen-bond acceptors (Lipinski definition) is 5. The molecule has 8 nitrogen and oxygen atoms in total. The minimum Gasteiger partial charge on any atom is -0.357 e. The van der Waals surface area contributed by atoms with Crippen molar-refractivity contribution in [1.82, 2.24) is 30.4 Å². The molecule has 0 unspecified atom stereocenters. The van der Waals surface area contributed by atoms with Crippen LogP contribution in [-0.4, -0.2) is 45.4 Å². The smallest absolute Gasteiger partial charge is 0.315 e. The van der Waals surface area contributed by atoms with Crippen LogP contribution in [0, 0.1) is 0 Å². The molecule has 0 radical (unpaired) electrons. The fourth-order valence-electron chi connectivity index (χ4n) is 4.09. The lowest BCUT2D eigenvalue weighted by Gasteiger charge is -2.27. The Morgan fingerprint density at radius 3 is 2.62 bits per heavy atom. The number of aromatic nitrogens is 4. The molecular weight excluding hydrogens is 366 g/mol. The molecule has 156 valence electrons. The third-order valence-electron chi connectivity index (χ3n) is 5.76. The van der Waals surface area contributed by atoms with Crippen molar-refractivity contribution in [3.8, 4) is 0 Å². The third kappa shape index (κ3) is 5.25. The summed E-state index contributed by atoms with van der Waals surface area (Å²) < 4.78 is 2.22. The van der Waals surface area contributed by atoms with E-state index in [4.69, 9.17) is 0 Å². The average molecular weight is 398 g/mol. The molecule has 0 atom stereocenters. The number of fused-ring (bicyclic) bond motifs is 1. The number of hydrogen-bond donors (Lipinski definition) is 2. The van der Waals surface area contributed by atoms with E-state index in [1.165, 1.54) is 38.5 Å². The SMILES string of the molecule is O=C(NCCc1nnc2n1CCCCC2)NCc1ccc(N2CCCCC2)nc1. The Bertz CT molecular complexity index is 796. The molecule has 0 bridgehead atoms. The van der Waals surface area contributed by atoms with Crippen molar-refractivity contribution < 1.29 is 4.79 Å². The van der Waals surface area contributed by atoms with Crippen molar-refractivity contribution in [2.24, 2.45) is 0 Å². The minimum atomic E-state index is -0.166. The van der Waals surface area contributed by atoms with Gasteiger partial charge in [-0.3, -0.25) is 0 Å². The van der Waals surface area contributed by atoms with Crippen LogP contribution >= 0.6 is 0 Å². The number of piperidine rings is 1. The van der Waals surface area contributed by atoms with E-state index in [0.717, 1.165) is 49.1 Å². The zero-order valence-electron chi connectivity index (χ0n) is 17.1.